The molecule has 226 valence electrons. The summed E-state index contributed by atoms with van der Waals surface area (Å²) in [6.07, 6.45) is 0.676. The van der Waals surface area contributed by atoms with Gasteiger partial charge in [-0.1, -0.05) is 59.3 Å². The lowest BCUT2D eigenvalue weighted by Crippen LogP contribution is -2.29. The molecule has 2 unspecified atom stereocenters. The summed E-state index contributed by atoms with van der Waals surface area (Å²) in [5.41, 5.74) is 3.44. The molecular formula is C35H27ClN2O6S. The highest BCUT2D eigenvalue weighted by atomic mass is 35.5. The zero-order valence-electron chi connectivity index (χ0n) is 24.3. The molecule has 45 heavy (non-hydrogen) atoms. The number of ether oxygens (including phenoxy) is 3. The zero-order valence-corrected chi connectivity index (χ0v) is 25.9. The molecule has 0 spiro atoms. The number of methoxy groups -OCH3 is 1. The van der Waals surface area contributed by atoms with E-state index < -0.39 is 17.7 Å². The van der Waals surface area contributed by atoms with Gasteiger partial charge in [-0.25, -0.2) is 4.98 Å². The van der Waals surface area contributed by atoms with E-state index in [4.69, 9.17) is 25.8 Å². The molecule has 2 aliphatic heterocycles. The van der Waals surface area contributed by atoms with E-state index in [1.165, 1.54) is 23.3 Å². The van der Waals surface area contributed by atoms with E-state index in [-0.39, 0.29) is 17.4 Å². The number of fused-ring (bicyclic) bond motifs is 2. The minimum absolute atomic E-state index is 0.00519. The van der Waals surface area contributed by atoms with Gasteiger partial charge >= 0.3 is 5.91 Å². The number of carbonyl (C=O) groups is 2. The number of aliphatic hydroxyl groups is 1. The molecule has 2 aliphatic rings. The van der Waals surface area contributed by atoms with Crippen molar-refractivity contribution in [2.45, 2.75) is 32.1 Å². The second-order valence-electron chi connectivity index (χ2n) is 10.9. The fourth-order valence-corrected chi connectivity index (χ4v) is 7.04. The highest BCUT2D eigenvalue weighted by Crippen LogP contribution is 2.46. The van der Waals surface area contributed by atoms with Gasteiger partial charge in [0.05, 0.1) is 28.9 Å². The quantitative estimate of drug-likeness (QED) is 0.112. The lowest BCUT2D eigenvalue weighted by Gasteiger charge is -2.24. The molecular weight excluding hydrogens is 612 g/mol. The Balaban J connectivity index is 1.35. The Morgan fingerprint density at radius 1 is 1.04 bits per heavy atom. The topological polar surface area (TPSA) is 98.2 Å². The lowest BCUT2D eigenvalue weighted by molar-refractivity contribution is -0.132. The minimum Gasteiger partial charge on any atom is -0.507 e. The number of nitrogens with zero attached hydrogens (tertiary/aromatic N) is 2. The van der Waals surface area contributed by atoms with Crippen LogP contribution in [0, 0.1) is 0 Å². The van der Waals surface area contributed by atoms with Gasteiger partial charge in [0.2, 0.25) is 0 Å². The van der Waals surface area contributed by atoms with Crippen LogP contribution in [0.3, 0.4) is 0 Å². The number of Topliss-reactive ketones (excluding diaryl/α,β-unsaturated/α-hetero) is 1. The highest BCUT2D eigenvalue weighted by Gasteiger charge is 2.48. The fourth-order valence-electron chi connectivity index (χ4n) is 5.77. The second kappa shape index (κ2) is 11.6. The smallest absolute Gasteiger partial charge is 0.301 e. The molecule has 0 bridgehead atoms. The summed E-state index contributed by atoms with van der Waals surface area (Å²) in [7, 11) is 1.52. The standard InChI is InChI=1S/C35H27ClN2O6S/c1-19-14-23-15-22(9-12-26(23)44-19)32(39)30-31(21-8-13-27(28(16-21)42-2)43-18-20-6-4-3-5-7-20)38(34(41)33(30)40)35-37-25-11-10-24(36)17-29(25)45-35/h3-13,15-17,19,31,39H,14,18H2,1-2H3. The Morgan fingerprint density at radius 3 is 2.67 bits per heavy atom. The molecule has 3 heterocycles. The van der Waals surface area contributed by atoms with Crippen LogP contribution in [0.2, 0.25) is 5.02 Å². The number of anilines is 1. The lowest BCUT2D eigenvalue weighted by atomic mass is 9.94. The van der Waals surface area contributed by atoms with Crippen LogP contribution in [0.4, 0.5) is 5.13 Å². The molecule has 1 amide bonds. The molecule has 8 nitrogen and oxygen atoms in total. The van der Waals surface area contributed by atoms with E-state index in [1.54, 1.807) is 54.6 Å². The molecule has 2 atom stereocenters. The van der Waals surface area contributed by atoms with Crippen LogP contribution in [0.15, 0.2) is 90.5 Å². The number of ketones is 1. The Labute approximate surface area is 268 Å². The first kappa shape index (κ1) is 28.9. The van der Waals surface area contributed by atoms with Crippen molar-refractivity contribution in [2.75, 3.05) is 12.0 Å². The van der Waals surface area contributed by atoms with Crippen molar-refractivity contribution in [3.63, 3.8) is 0 Å². The Kier molecular flexibility index (Phi) is 7.43. The van der Waals surface area contributed by atoms with E-state index in [2.05, 4.69) is 4.98 Å². The molecule has 4 aromatic carbocycles. The number of hydrogen-bond acceptors (Lipinski definition) is 8. The number of carbonyl (C=O) groups excluding carboxylic acids is 2. The molecule has 1 saturated heterocycles. The van der Waals surface area contributed by atoms with Gasteiger partial charge in [0.25, 0.3) is 5.78 Å². The van der Waals surface area contributed by atoms with E-state index >= 15 is 0 Å². The summed E-state index contributed by atoms with van der Waals surface area (Å²) >= 11 is 7.47. The summed E-state index contributed by atoms with van der Waals surface area (Å²) in [6, 6.07) is 24.5. The van der Waals surface area contributed by atoms with Crippen molar-refractivity contribution in [2.24, 2.45) is 0 Å². The van der Waals surface area contributed by atoms with Crippen molar-refractivity contribution in [3.8, 4) is 17.2 Å². The van der Waals surface area contributed by atoms with E-state index in [0.29, 0.717) is 51.3 Å². The third-order valence-electron chi connectivity index (χ3n) is 7.90. The Morgan fingerprint density at radius 2 is 1.87 bits per heavy atom. The van der Waals surface area contributed by atoms with Crippen LogP contribution in [0.25, 0.3) is 16.0 Å². The van der Waals surface area contributed by atoms with Crippen molar-refractivity contribution in [1.29, 1.82) is 0 Å². The number of aliphatic hydroxyl groups excluding tert-OH is 1. The number of hydrogen-bond donors (Lipinski definition) is 1. The molecule has 7 rings (SSSR count). The van der Waals surface area contributed by atoms with Crippen molar-refractivity contribution in [1.82, 2.24) is 4.98 Å². The number of halogens is 1. The molecule has 1 N–H and O–H groups in total. The molecule has 0 radical (unpaired) electrons. The summed E-state index contributed by atoms with van der Waals surface area (Å²) in [5, 5.41) is 12.6. The van der Waals surface area contributed by atoms with Crippen molar-refractivity contribution < 1.29 is 28.9 Å². The highest BCUT2D eigenvalue weighted by molar-refractivity contribution is 7.22. The van der Waals surface area contributed by atoms with Crippen LogP contribution in [-0.2, 0) is 22.6 Å². The maximum Gasteiger partial charge on any atom is 0.301 e. The van der Waals surface area contributed by atoms with Gasteiger partial charge < -0.3 is 19.3 Å². The van der Waals surface area contributed by atoms with Gasteiger partial charge in [-0.05, 0) is 72.1 Å². The largest absolute Gasteiger partial charge is 0.507 e. The summed E-state index contributed by atoms with van der Waals surface area (Å²) in [6.45, 7) is 2.29. The maximum atomic E-state index is 13.8. The van der Waals surface area contributed by atoms with Crippen LogP contribution in [-0.4, -0.2) is 35.0 Å². The van der Waals surface area contributed by atoms with Gasteiger partial charge in [0.15, 0.2) is 16.6 Å². The van der Waals surface area contributed by atoms with Gasteiger partial charge in [-0.15, -0.1) is 0 Å². The number of aromatic nitrogens is 1. The fraction of sp³-hybridized carbons (Fsp3) is 0.171. The summed E-state index contributed by atoms with van der Waals surface area (Å²) < 4.78 is 18.3. The summed E-state index contributed by atoms with van der Waals surface area (Å²) in [4.78, 5) is 33.6. The maximum absolute atomic E-state index is 13.8. The third-order valence-corrected chi connectivity index (χ3v) is 9.15. The first-order valence-corrected chi connectivity index (χ1v) is 15.5. The predicted molar refractivity (Wildman–Crippen MR) is 173 cm³/mol. The monoisotopic (exact) mass is 638 g/mol. The van der Waals surface area contributed by atoms with Gasteiger partial charge in [0.1, 0.15) is 24.2 Å². The predicted octanol–water partition coefficient (Wildman–Crippen LogP) is 7.49. The first-order valence-electron chi connectivity index (χ1n) is 14.3. The van der Waals surface area contributed by atoms with Crippen molar-refractivity contribution in [3.05, 3.63) is 118 Å². The Bertz CT molecular complexity index is 2010. The summed E-state index contributed by atoms with van der Waals surface area (Å²) in [5.74, 6) is -0.259. The van der Waals surface area contributed by atoms with E-state index in [1.807, 2.05) is 37.3 Å². The molecule has 0 aliphatic carbocycles. The van der Waals surface area contributed by atoms with Crippen LogP contribution >= 0.6 is 22.9 Å². The van der Waals surface area contributed by atoms with Gasteiger partial charge in [-0.3, -0.25) is 14.5 Å². The number of amides is 1. The number of rotatable bonds is 7. The average molecular weight is 639 g/mol. The molecule has 1 aromatic heterocycles. The average Bonchev–Trinajstić information content (AvgIpc) is 3.71. The Hall–Kier alpha value is -4.86. The second-order valence-corrected chi connectivity index (χ2v) is 12.4. The number of benzene rings is 4. The van der Waals surface area contributed by atoms with Gasteiger partial charge in [0, 0.05) is 17.0 Å². The SMILES string of the molecule is COc1cc(C2C(=C(O)c3ccc4c(c3)CC(C)O4)C(=O)C(=O)N2c2nc3ccc(Cl)cc3s2)ccc1OCc1ccccc1. The zero-order chi connectivity index (χ0) is 31.2. The molecule has 10 heteroatoms. The minimum atomic E-state index is -0.999. The normalized spacial score (nSPS) is 18.7. The van der Waals surface area contributed by atoms with Crippen molar-refractivity contribution >= 4 is 55.7 Å². The van der Waals surface area contributed by atoms with E-state index in [0.717, 1.165) is 21.6 Å². The van der Waals surface area contributed by atoms with Gasteiger partial charge in [-0.2, -0.15) is 0 Å². The van der Waals surface area contributed by atoms with Crippen LogP contribution in [0.5, 0.6) is 17.2 Å². The van der Waals surface area contributed by atoms with Crippen LogP contribution in [0.1, 0.15) is 35.2 Å². The van der Waals surface area contributed by atoms with Crippen LogP contribution < -0.4 is 19.1 Å². The van der Waals surface area contributed by atoms with E-state index in [9.17, 15) is 14.7 Å². The molecule has 5 aromatic rings. The first-order chi connectivity index (χ1) is 21.8. The molecule has 1 fully saturated rings. The molecule has 0 saturated carbocycles. The number of thiazole rings is 1. The third kappa shape index (κ3) is 5.28.